The number of anilines is 1. The van der Waals surface area contributed by atoms with Crippen molar-refractivity contribution in [3.63, 3.8) is 0 Å². The van der Waals surface area contributed by atoms with Crippen molar-refractivity contribution in [3.05, 3.63) is 76.8 Å². The van der Waals surface area contributed by atoms with Crippen LogP contribution in [0.4, 0.5) is 23.4 Å². The Bertz CT molecular complexity index is 2240. The van der Waals surface area contributed by atoms with Crippen LogP contribution < -0.4 is 5.32 Å². The van der Waals surface area contributed by atoms with E-state index >= 15 is 4.39 Å². The minimum absolute atomic E-state index is 0.0980. The second-order valence-electron chi connectivity index (χ2n) is 13.4. The number of piperidine rings is 1. The maximum absolute atomic E-state index is 16.1. The Morgan fingerprint density at radius 3 is 2.58 bits per heavy atom. The van der Waals surface area contributed by atoms with Gasteiger partial charge in [0.15, 0.2) is 11.4 Å². The molecule has 0 unspecified atom stereocenters. The fraction of sp³-hybridized carbons (Fsp3) is 0.371. The van der Waals surface area contributed by atoms with Gasteiger partial charge in [0.05, 0.1) is 17.8 Å². The summed E-state index contributed by atoms with van der Waals surface area (Å²) in [7, 11) is 1.36. The van der Waals surface area contributed by atoms with Crippen LogP contribution >= 0.6 is 0 Å². The lowest BCUT2D eigenvalue weighted by Gasteiger charge is -2.27. The van der Waals surface area contributed by atoms with Gasteiger partial charge >= 0.3 is 6.18 Å². The molecule has 1 N–H and O–H groups in total. The highest BCUT2D eigenvalue weighted by molar-refractivity contribution is 6.09. The van der Waals surface area contributed by atoms with Gasteiger partial charge in [-0.2, -0.15) is 18.3 Å². The third-order valence-corrected chi connectivity index (χ3v) is 9.79. The number of amides is 2. The van der Waals surface area contributed by atoms with Crippen molar-refractivity contribution < 1.29 is 36.7 Å². The first-order valence-electron chi connectivity index (χ1n) is 15.9. The summed E-state index contributed by atoms with van der Waals surface area (Å²) in [6.07, 6.45) is 0.910. The molecular formula is C35H33F4N7O4. The first-order chi connectivity index (χ1) is 23.6. The van der Waals surface area contributed by atoms with Crippen LogP contribution in [0.2, 0.25) is 0 Å². The smallest absolute Gasteiger partial charge is 0.380 e. The maximum Gasteiger partial charge on any atom is 0.433 e. The Morgan fingerprint density at radius 1 is 1.12 bits per heavy atom. The van der Waals surface area contributed by atoms with Gasteiger partial charge in [-0.1, -0.05) is 13.0 Å². The number of carbonyl (C=O) groups excluding carboxylic acids is 3. The standard InChI is InChI=1S/C35H33F4N7O4/c1-17-8-28-40-12-21(13-45(28)43-17)22-9-23-24(19(3)47)14-44(31(23)18(2)30(22)36)15-29(48)46-25(10-34(4)11-27(34)46)33(49)42-32-20(16-50-5)6-7-26(41-32)35(37,38)39/h6-9,12-14,25,27H,10-11,15-16H2,1-5H3,(H,41,42,49)/t25-,27+,34-/m0/s1. The quantitative estimate of drug-likeness (QED) is 0.159. The predicted octanol–water partition coefficient (Wildman–Crippen LogP) is 5.89. The first kappa shape index (κ1) is 33.3. The Hall–Kier alpha value is -5.18. The van der Waals surface area contributed by atoms with Crippen molar-refractivity contribution >= 4 is 40.0 Å². The predicted molar refractivity (Wildman–Crippen MR) is 174 cm³/mol. The van der Waals surface area contributed by atoms with E-state index in [1.807, 2.05) is 13.8 Å². The number of hydrogen-bond donors (Lipinski definition) is 1. The lowest BCUT2D eigenvalue weighted by Crippen LogP contribution is -2.46. The van der Waals surface area contributed by atoms with Gasteiger partial charge in [0.25, 0.3) is 0 Å². The summed E-state index contributed by atoms with van der Waals surface area (Å²) in [4.78, 5) is 50.1. The van der Waals surface area contributed by atoms with Crippen LogP contribution in [-0.4, -0.2) is 65.8 Å². The number of nitrogens with zero attached hydrogens (tertiary/aromatic N) is 6. The number of ketones is 1. The number of aryl methyl sites for hydroxylation is 2. The van der Waals surface area contributed by atoms with Crippen molar-refractivity contribution in [2.45, 2.75) is 71.9 Å². The number of hydrogen-bond acceptors (Lipinski definition) is 7. The van der Waals surface area contributed by atoms with Crippen molar-refractivity contribution in [2.24, 2.45) is 5.41 Å². The Balaban J connectivity index is 1.22. The summed E-state index contributed by atoms with van der Waals surface area (Å²) in [5.41, 5.74) is 1.56. The number of rotatable bonds is 8. The molecule has 4 aromatic heterocycles. The van der Waals surface area contributed by atoms with E-state index in [0.29, 0.717) is 35.0 Å². The summed E-state index contributed by atoms with van der Waals surface area (Å²) in [6.45, 7) is 6.31. The fourth-order valence-corrected chi connectivity index (χ4v) is 7.21. The van der Waals surface area contributed by atoms with E-state index in [4.69, 9.17) is 4.74 Å². The minimum Gasteiger partial charge on any atom is -0.380 e. The van der Waals surface area contributed by atoms with Crippen molar-refractivity contribution in [1.82, 2.24) is 29.0 Å². The molecular weight excluding hydrogens is 658 g/mol. The number of halogens is 4. The van der Waals surface area contributed by atoms with E-state index < -0.39 is 35.5 Å². The van der Waals surface area contributed by atoms with E-state index in [0.717, 1.165) is 11.8 Å². The summed E-state index contributed by atoms with van der Waals surface area (Å²) in [5.74, 6) is -2.28. The van der Waals surface area contributed by atoms with E-state index in [2.05, 4.69) is 20.4 Å². The highest BCUT2D eigenvalue weighted by Crippen LogP contribution is 2.59. The normalized spacial score (nSPS) is 20.1. The molecule has 7 rings (SSSR count). The number of pyridine rings is 1. The van der Waals surface area contributed by atoms with Crippen molar-refractivity contribution in [2.75, 3.05) is 12.4 Å². The Kier molecular flexibility index (Phi) is 7.81. The molecule has 1 saturated heterocycles. The summed E-state index contributed by atoms with van der Waals surface area (Å²) >= 11 is 0. The summed E-state index contributed by atoms with van der Waals surface area (Å²) < 4.78 is 64.7. The van der Waals surface area contributed by atoms with Gasteiger partial charge in [-0.05, 0) is 51.2 Å². The highest BCUT2D eigenvalue weighted by Gasteiger charge is 2.64. The number of carbonyl (C=O) groups is 3. The van der Waals surface area contributed by atoms with Crippen LogP contribution in [0.25, 0.3) is 27.7 Å². The molecule has 0 spiro atoms. The Morgan fingerprint density at radius 2 is 1.88 bits per heavy atom. The summed E-state index contributed by atoms with van der Waals surface area (Å²) in [6, 6.07) is 4.09. The molecule has 50 heavy (non-hydrogen) atoms. The zero-order valence-electron chi connectivity index (χ0n) is 27.9. The summed E-state index contributed by atoms with van der Waals surface area (Å²) in [5, 5.41) is 7.33. The highest BCUT2D eigenvalue weighted by atomic mass is 19.4. The van der Waals surface area contributed by atoms with Crippen LogP contribution in [0, 0.1) is 25.1 Å². The van der Waals surface area contributed by atoms with E-state index in [1.54, 1.807) is 29.8 Å². The number of nitrogens with one attached hydrogen (secondary N) is 1. The lowest BCUT2D eigenvalue weighted by atomic mass is 9.99. The average Bonchev–Trinajstić information content (AvgIpc) is 3.30. The van der Waals surface area contributed by atoms with Crippen LogP contribution in [0.15, 0.2) is 42.9 Å². The molecule has 2 aliphatic rings. The first-order valence-corrected chi connectivity index (χ1v) is 15.9. The van der Waals surface area contributed by atoms with E-state index in [-0.39, 0.29) is 58.5 Å². The third kappa shape index (κ3) is 5.58. The van der Waals surface area contributed by atoms with Gasteiger partial charge < -0.3 is 19.5 Å². The molecule has 5 heterocycles. The van der Waals surface area contributed by atoms with E-state index in [1.165, 1.54) is 42.0 Å². The molecule has 1 aliphatic heterocycles. The molecule has 2 amide bonds. The molecule has 1 aromatic carbocycles. The van der Waals surface area contributed by atoms with Gasteiger partial charge in [-0.3, -0.25) is 14.4 Å². The zero-order chi connectivity index (χ0) is 35.9. The largest absolute Gasteiger partial charge is 0.433 e. The second-order valence-corrected chi connectivity index (χ2v) is 13.4. The van der Waals surface area contributed by atoms with Gasteiger partial charge in [0, 0.05) is 71.0 Å². The molecule has 0 bridgehead atoms. The third-order valence-electron chi connectivity index (χ3n) is 9.79. The average molecular weight is 692 g/mol. The molecule has 2 fully saturated rings. The number of Topliss-reactive ketones (excluding diaryl/α,β-unsaturated/α-hetero) is 1. The molecule has 1 aliphatic carbocycles. The van der Waals surface area contributed by atoms with Crippen molar-refractivity contribution in [3.8, 4) is 11.1 Å². The van der Waals surface area contributed by atoms with Crippen LogP contribution in [-0.2, 0) is 33.7 Å². The topological polar surface area (TPSA) is 124 Å². The number of likely N-dealkylation sites (tertiary alicyclic amines) is 1. The fourth-order valence-electron chi connectivity index (χ4n) is 7.21. The zero-order valence-corrected chi connectivity index (χ0v) is 27.9. The second kappa shape index (κ2) is 11.7. The monoisotopic (exact) mass is 691 g/mol. The van der Waals surface area contributed by atoms with E-state index in [9.17, 15) is 27.6 Å². The number of alkyl halides is 3. The molecule has 11 nitrogen and oxygen atoms in total. The number of fused-ring (bicyclic) bond motifs is 3. The van der Waals surface area contributed by atoms with Gasteiger partial charge in [0.1, 0.15) is 29.9 Å². The molecule has 0 radical (unpaired) electrons. The van der Waals surface area contributed by atoms with Crippen LogP contribution in [0.3, 0.4) is 0 Å². The van der Waals surface area contributed by atoms with Gasteiger partial charge in [-0.15, -0.1) is 0 Å². The maximum atomic E-state index is 16.1. The van der Waals surface area contributed by atoms with Crippen LogP contribution in [0.1, 0.15) is 59.6 Å². The molecule has 1 saturated carbocycles. The molecule has 5 aromatic rings. The lowest BCUT2D eigenvalue weighted by molar-refractivity contribution is -0.141. The SMILES string of the molecule is COCc1ccc(C(F)(F)F)nc1NC(=O)[C@@H]1C[C@@]2(C)C[C@H]2N1C(=O)Cn1cc(C(C)=O)c2cc(-c3cnc4cc(C)nn4c3)c(F)c(C)c21. The molecule has 260 valence electrons. The molecule has 15 heteroatoms. The molecule has 3 atom stereocenters. The van der Waals surface area contributed by atoms with Gasteiger partial charge in [-0.25, -0.2) is 18.9 Å². The number of methoxy groups -OCH3 is 1. The Labute approximate surface area is 283 Å². The number of benzene rings is 1. The van der Waals surface area contributed by atoms with Gasteiger partial charge in [0.2, 0.25) is 11.8 Å². The number of ether oxygens (including phenoxy) is 1. The van der Waals surface area contributed by atoms with Crippen molar-refractivity contribution in [1.29, 1.82) is 0 Å². The number of aromatic nitrogens is 5. The minimum atomic E-state index is -4.74. The van der Waals surface area contributed by atoms with Crippen LogP contribution in [0.5, 0.6) is 0 Å².